The Kier molecular flexibility index (Phi) is 3.73. The van der Waals surface area contributed by atoms with Gasteiger partial charge in [0.2, 0.25) is 0 Å². The Bertz CT molecular complexity index is 547. The molecule has 2 aromatic rings. The molecule has 2 unspecified atom stereocenters. The SMILES string of the molecule is CNC(c1cccc2ccncc12)C1COCCO1. The maximum atomic E-state index is 5.83. The second-order valence-electron chi connectivity index (χ2n) is 4.69. The van der Waals surface area contributed by atoms with Gasteiger partial charge in [-0.2, -0.15) is 0 Å². The minimum atomic E-state index is 0.0459. The highest BCUT2D eigenvalue weighted by molar-refractivity contribution is 5.85. The van der Waals surface area contributed by atoms with Gasteiger partial charge in [-0.3, -0.25) is 4.98 Å². The first kappa shape index (κ1) is 12.5. The molecule has 100 valence electrons. The molecule has 1 aliphatic rings. The second kappa shape index (κ2) is 5.65. The molecule has 2 atom stereocenters. The fourth-order valence-corrected chi connectivity index (χ4v) is 2.65. The van der Waals surface area contributed by atoms with Gasteiger partial charge in [0.25, 0.3) is 0 Å². The van der Waals surface area contributed by atoms with Crippen molar-refractivity contribution in [2.75, 3.05) is 26.9 Å². The van der Waals surface area contributed by atoms with Crippen LogP contribution in [-0.2, 0) is 9.47 Å². The molecule has 19 heavy (non-hydrogen) atoms. The largest absolute Gasteiger partial charge is 0.376 e. The highest BCUT2D eigenvalue weighted by atomic mass is 16.6. The fraction of sp³-hybridized carbons (Fsp3) is 0.400. The van der Waals surface area contributed by atoms with Crippen LogP contribution in [0.1, 0.15) is 11.6 Å². The first-order valence-corrected chi connectivity index (χ1v) is 6.59. The first-order valence-electron chi connectivity index (χ1n) is 6.59. The standard InChI is InChI=1S/C15H18N2O2/c1-16-15(14-10-18-7-8-19-14)12-4-2-3-11-5-6-17-9-13(11)12/h2-6,9,14-16H,7-8,10H2,1H3. The van der Waals surface area contributed by atoms with Crippen molar-refractivity contribution in [2.24, 2.45) is 0 Å². The molecule has 0 saturated carbocycles. The van der Waals surface area contributed by atoms with Crippen molar-refractivity contribution < 1.29 is 9.47 Å². The summed E-state index contributed by atoms with van der Waals surface area (Å²) in [5.74, 6) is 0. The van der Waals surface area contributed by atoms with E-state index in [4.69, 9.17) is 9.47 Å². The number of pyridine rings is 1. The van der Waals surface area contributed by atoms with Crippen molar-refractivity contribution in [3.63, 3.8) is 0 Å². The van der Waals surface area contributed by atoms with Crippen LogP contribution in [0.15, 0.2) is 36.7 Å². The number of aromatic nitrogens is 1. The van der Waals surface area contributed by atoms with E-state index >= 15 is 0 Å². The van der Waals surface area contributed by atoms with Crippen LogP contribution < -0.4 is 5.32 Å². The molecular formula is C15H18N2O2. The second-order valence-corrected chi connectivity index (χ2v) is 4.69. The van der Waals surface area contributed by atoms with Crippen LogP contribution in [0.4, 0.5) is 0 Å². The van der Waals surface area contributed by atoms with Gasteiger partial charge in [-0.15, -0.1) is 0 Å². The van der Waals surface area contributed by atoms with Crippen molar-refractivity contribution in [1.29, 1.82) is 0 Å². The summed E-state index contributed by atoms with van der Waals surface area (Å²) >= 11 is 0. The van der Waals surface area contributed by atoms with Crippen LogP contribution in [-0.4, -0.2) is 38.0 Å². The molecule has 0 aliphatic carbocycles. The Morgan fingerprint density at radius 1 is 1.32 bits per heavy atom. The third-order valence-corrected chi connectivity index (χ3v) is 3.58. The molecule has 0 spiro atoms. The zero-order valence-corrected chi connectivity index (χ0v) is 11.0. The van der Waals surface area contributed by atoms with Crippen LogP contribution in [0.5, 0.6) is 0 Å². The number of fused-ring (bicyclic) bond motifs is 1. The number of benzene rings is 1. The number of hydrogen-bond donors (Lipinski definition) is 1. The van der Waals surface area contributed by atoms with Crippen LogP contribution in [0.25, 0.3) is 10.8 Å². The zero-order chi connectivity index (χ0) is 13.1. The molecule has 0 bridgehead atoms. The Morgan fingerprint density at radius 3 is 3.05 bits per heavy atom. The summed E-state index contributed by atoms with van der Waals surface area (Å²) in [7, 11) is 1.96. The minimum Gasteiger partial charge on any atom is -0.376 e. The van der Waals surface area contributed by atoms with Crippen LogP contribution >= 0.6 is 0 Å². The molecule has 0 amide bonds. The molecule has 1 fully saturated rings. The van der Waals surface area contributed by atoms with E-state index < -0.39 is 0 Å². The molecule has 4 heteroatoms. The summed E-state index contributed by atoms with van der Waals surface area (Å²) < 4.78 is 11.3. The molecule has 1 aromatic carbocycles. The van der Waals surface area contributed by atoms with Gasteiger partial charge in [-0.1, -0.05) is 18.2 Å². The molecule has 3 rings (SSSR count). The van der Waals surface area contributed by atoms with Gasteiger partial charge in [0.1, 0.15) is 6.10 Å². The number of rotatable bonds is 3. The number of likely N-dealkylation sites (N-methyl/N-ethyl adjacent to an activating group) is 1. The smallest absolute Gasteiger partial charge is 0.100 e. The summed E-state index contributed by atoms with van der Waals surface area (Å²) in [5, 5.41) is 5.71. The van der Waals surface area contributed by atoms with E-state index in [0.717, 1.165) is 0 Å². The van der Waals surface area contributed by atoms with Crippen molar-refractivity contribution >= 4 is 10.8 Å². The maximum Gasteiger partial charge on any atom is 0.100 e. The average Bonchev–Trinajstić information content (AvgIpc) is 2.49. The number of hydrogen-bond acceptors (Lipinski definition) is 4. The monoisotopic (exact) mass is 258 g/mol. The van der Waals surface area contributed by atoms with Crippen LogP contribution in [0, 0.1) is 0 Å². The van der Waals surface area contributed by atoms with E-state index in [-0.39, 0.29) is 12.1 Å². The van der Waals surface area contributed by atoms with E-state index in [0.29, 0.717) is 19.8 Å². The third kappa shape index (κ3) is 2.47. The predicted octanol–water partition coefficient (Wildman–Crippen LogP) is 1.91. The lowest BCUT2D eigenvalue weighted by atomic mass is 9.96. The quantitative estimate of drug-likeness (QED) is 0.913. The van der Waals surface area contributed by atoms with Gasteiger partial charge >= 0.3 is 0 Å². The average molecular weight is 258 g/mol. The van der Waals surface area contributed by atoms with Gasteiger partial charge in [0, 0.05) is 17.8 Å². The lowest BCUT2D eigenvalue weighted by Gasteiger charge is -2.31. The molecule has 4 nitrogen and oxygen atoms in total. The van der Waals surface area contributed by atoms with Gasteiger partial charge in [-0.05, 0) is 24.1 Å². The topological polar surface area (TPSA) is 43.4 Å². The van der Waals surface area contributed by atoms with Crippen LogP contribution in [0.3, 0.4) is 0 Å². The van der Waals surface area contributed by atoms with Gasteiger partial charge < -0.3 is 14.8 Å². The summed E-state index contributed by atoms with van der Waals surface area (Å²) in [5.41, 5.74) is 1.21. The Balaban J connectivity index is 2.00. The van der Waals surface area contributed by atoms with Crippen molar-refractivity contribution in [1.82, 2.24) is 10.3 Å². The fourth-order valence-electron chi connectivity index (χ4n) is 2.65. The number of nitrogens with one attached hydrogen (secondary N) is 1. The summed E-state index contributed by atoms with van der Waals surface area (Å²) in [6.45, 7) is 1.97. The highest BCUT2D eigenvalue weighted by Gasteiger charge is 2.26. The van der Waals surface area contributed by atoms with Crippen molar-refractivity contribution in [2.45, 2.75) is 12.1 Å². The van der Waals surface area contributed by atoms with Crippen molar-refractivity contribution in [3.8, 4) is 0 Å². The molecule has 1 N–H and O–H groups in total. The molecule has 1 saturated heterocycles. The lowest BCUT2D eigenvalue weighted by Crippen LogP contribution is -2.39. The molecule has 1 aromatic heterocycles. The third-order valence-electron chi connectivity index (χ3n) is 3.58. The highest BCUT2D eigenvalue weighted by Crippen LogP contribution is 2.27. The van der Waals surface area contributed by atoms with E-state index in [1.165, 1.54) is 16.3 Å². The summed E-state index contributed by atoms with van der Waals surface area (Å²) in [6, 6.07) is 8.46. The summed E-state index contributed by atoms with van der Waals surface area (Å²) in [4.78, 5) is 4.24. The van der Waals surface area contributed by atoms with Gasteiger partial charge in [-0.25, -0.2) is 0 Å². The first-order chi connectivity index (χ1) is 9.40. The van der Waals surface area contributed by atoms with Gasteiger partial charge in [0.15, 0.2) is 0 Å². The van der Waals surface area contributed by atoms with E-state index in [2.05, 4.69) is 28.5 Å². The number of nitrogens with zero attached hydrogens (tertiary/aromatic N) is 1. The predicted molar refractivity (Wildman–Crippen MR) is 74.1 cm³/mol. The molecular weight excluding hydrogens is 240 g/mol. The minimum absolute atomic E-state index is 0.0459. The maximum absolute atomic E-state index is 5.83. The van der Waals surface area contributed by atoms with Crippen molar-refractivity contribution in [3.05, 3.63) is 42.2 Å². The Morgan fingerprint density at radius 2 is 2.26 bits per heavy atom. The normalized spacial score (nSPS) is 21.4. The van der Waals surface area contributed by atoms with E-state index in [9.17, 15) is 0 Å². The van der Waals surface area contributed by atoms with Crippen LogP contribution in [0.2, 0.25) is 0 Å². The molecule has 0 radical (unpaired) electrons. The zero-order valence-electron chi connectivity index (χ0n) is 11.0. The molecule has 1 aliphatic heterocycles. The van der Waals surface area contributed by atoms with Gasteiger partial charge in [0.05, 0.1) is 25.9 Å². The van der Waals surface area contributed by atoms with E-state index in [1.54, 1.807) is 0 Å². The summed E-state index contributed by atoms with van der Waals surface area (Å²) in [6.07, 6.45) is 3.78. The lowest BCUT2D eigenvalue weighted by molar-refractivity contribution is -0.101. The number of ether oxygens (including phenoxy) is 2. The molecule has 2 heterocycles. The van der Waals surface area contributed by atoms with E-state index in [1.807, 2.05) is 25.5 Å². The Hall–Kier alpha value is -1.49. The Labute approximate surface area is 112 Å².